The molecule has 2 N–H and O–H groups in total. The normalized spacial score (nSPS) is 22.2. The third kappa shape index (κ3) is 3.89. The van der Waals surface area contributed by atoms with Crippen molar-refractivity contribution in [2.24, 2.45) is 0 Å². The maximum absolute atomic E-state index is 12.5. The fourth-order valence-electron chi connectivity index (χ4n) is 2.62. The van der Waals surface area contributed by atoms with Crippen LogP contribution in [0, 0.1) is 6.92 Å². The van der Waals surface area contributed by atoms with Crippen LogP contribution in [0.4, 0.5) is 10.5 Å². The summed E-state index contributed by atoms with van der Waals surface area (Å²) in [5.74, 6) is 0. The van der Waals surface area contributed by atoms with Gasteiger partial charge in [-0.3, -0.25) is 0 Å². The fraction of sp³-hybridized carbons (Fsp3) is 0.562. The Kier molecular flexibility index (Phi) is 5.48. The summed E-state index contributed by atoms with van der Waals surface area (Å²) < 4.78 is 0. The zero-order chi connectivity index (χ0) is 15.4. The van der Waals surface area contributed by atoms with Gasteiger partial charge < -0.3 is 15.5 Å². The number of nitrogens with zero attached hydrogens (tertiary/aromatic N) is 1. The van der Waals surface area contributed by atoms with E-state index in [0.29, 0.717) is 11.1 Å². The van der Waals surface area contributed by atoms with Crippen molar-refractivity contribution in [3.63, 3.8) is 0 Å². The van der Waals surface area contributed by atoms with E-state index in [-0.39, 0.29) is 12.1 Å². The summed E-state index contributed by atoms with van der Waals surface area (Å²) >= 11 is 6.11. The van der Waals surface area contributed by atoms with Crippen molar-refractivity contribution < 1.29 is 4.79 Å². The van der Waals surface area contributed by atoms with Crippen LogP contribution >= 0.6 is 11.6 Å². The molecule has 0 aliphatic carbocycles. The van der Waals surface area contributed by atoms with Gasteiger partial charge in [-0.05, 0) is 37.5 Å². The quantitative estimate of drug-likeness (QED) is 0.895. The average Bonchev–Trinajstić information content (AvgIpc) is 2.50. The predicted molar refractivity (Wildman–Crippen MR) is 88.1 cm³/mol. The van der Waals surface area contributed by atoms with Gasteiger partial charge in [-0.1, -0.05) is 31.5 Å². The number of hydrogen-bond acceptors (Lipinski definition) is 2. The number of anilines is 1. The van der Waals surface area contributed by atoms with Crippen LogP contribution in [0.3, 0.4) is 0 Å². The van der Waals surface area contributed by atoms with Crippen molar-refractivity contribution in [3.8, 4) is 0 Å². The summed E-state index contributed by atoms with van der Waals surface area (Å²) in [5.41, 5.74) is 1.76. The fourth-order valence-corrected chi connectivity index (χ4v) is 2.80. The van der Waals surface area contributed by atoms with Gasteiger partial charge >= 0.3 is 6.03 Å². The van der Waals surface area contributed by atoms with Gasteiger partial charge in [0.15, 0.2) is 0 Å². The Morgan fingerprint density at radius 1 is 1.43 bits per heavy atom. The van der Waals surface area contributed by atoms with Crippen LogP contribution in [-0.4, -0.2) is 36.1 Å². The van der Waals surface area contributed by atoms with E-state index in [2.05, 4.69) is 24.5 Å². The molecule has 0 aromatic heterocycles. The first kappa shape index (κ1) is 16.1. The van der Waals surface area contributed by atoms with E-state index in [0.717, 1.165) is 37.2 Å². The molecule has 4 nitrogen and oxygen atoms in total. The molecule has 0 saturated carbocycles. The largest absolute Gasteiger partial charge is 0.322 e. The molecule has 2 amide bonds. The topological polar surface area (TPSA) is 44.4 Å². The maximum Gasteiger partial charge on any atom is 0.322 e. The molecule has 116 valence electrons. The minimum absolute atomic E-state index is 0.0401. The first-order chi connectivity index (χ1) is 10.0. The molecule has 1 aromatic rings. The van der Waals surface area contributed by atoms with Crippen LogP contribution in [0.5, 0.6) is 0 Å². The Morgan fingerprint density at radius 2 is 2.19 bits per heavy atom. The number of nitrogens with one attached hydrogen (secondary N) is 2. The predicted octanol–water partition coefficient (Wildman–Crippen LogP) is 3.64. The zero-order valence-corrected chi connectivity index (χ0v) is 13.7. The minimum atomic E-state index is -0.0401. The molecule has 0 bridgehead atoms. The number of hydrogen-bond donors (Lipinski definition) is 2. The van der Waals surface area contributed by atoms with Gasteiger partial charge in [-0.25, -0.2) is 4.79 Å². The van der Waals surface area contributed by atoms with E-state index in [1.165, 1.54) is 0 Å². The molecule has 2 atom stereocenters. The molecule has 0 radical (unpaired) electrons. The summed E-state index contributed by atoms with van der Waals surface area (Å²) in [7, 11) is 0. The highest BCUT2D eigenvalue weighted by molar-refractivity contribution is 6.31. The number of rotatable bonds is 3. The molecular weight excluding hydrogens is 286 g/mol. The number of carbonyl (C=O) groups is 1. The van der Waals surface area contributed by atoms with Gasteiger partial charge in [0.2, 0.25) is 0 Å². The van der Waals surface area contributed by atoms with E-state index >= 15 is 0 Å². The number of urea groups is 1. The second-order valence-corrected chi connectivity index (χ2v) is 6.03. The lowest BCUT2D eigenvalue weighted by Crippen LogP contribution is -2.58. The average molecular weight is 310 g/mol. The molecule has 1 aliphatic heterocycles. The Morgan fingerprint density at radius 3 is 2.81 bits per heavy atom. The van der Waals surface area contributed by atoms with E-state index in [4.69, 9.17) is 11.6 Å². The van der Waals surface area contributed by atoms with Crippen LogP contribution in [0.25, 0.3) is 0 Å². The molecular formula is C16H24ClN3O. The highest BCUT2D eigenvalue weighted by Crippen LogP contribution is 2.21. The Balaban J connectivity index is 2.07. The summed E-state index contributed by atoms with van der Waals surface area (Å²) in [6.45, 7) is 7.81. The molecule has 2 rings (SSSR count). The van der Waals surface area contributed by atoms with E-state index in [1.807, 2.05) is 24.0 Å². The standard InChI is InChI=1S/C16H24ClN3O/c1-4-12-10-20(14(5-2)9-18-12)16(21)19-13-7-6-11(3)15(17)8-13/h6-8,12,14,18H,4-5,9-10H2,1-3H3,(H,19,21). The SMILES string of the molecule is CCC1CN(C(=O)Nc2ccc(C)c(Cl)c2)C(CC)CN1. The van der Waals surface area contributed by atoms with Crippen LogP contribution < -0.4 is 10.6 Å². The van der Waals surface area contributed by atoms with Gasteiger partial charge in [0, 0.05) is 35.9 Å². The van der Waals surface area contributed by atoms with Crippen molar-refractivity contribution >= 4 is 23.3 Å². The number of aryl methyl sites for hydroxylation is 1. The van der Waals surface area contributed by atoms with Crippen LogP contribution in [0.1, 0.15) is 32.3 Å². The van der Waals surface area contributed by atoms with Gasteiger partial charge in [-0.2, -0.15) is 0 Å². The maximum atomic E-state index is 12.5. The van der Waals surface area contributed by atoms with Gasteiger partial charge in [-0.15, -0.1) is 0 Å². The zero-order valence-electron chi connectivity index (χ0n) is 12.9. The van der Waals surface area contributed by atoms with Crippen LogP contribution in [0.15, 0.2) is 18.2 Å². The number of piperazine rings is 1. The Hall–Kier alpha value is -1.26. The second-order valence-electron chi connectivity index (χ2n) is 5.62. The summed E-state index contributed by atoms with van der Waals surface area (Å²) in [6, 6.07) is 6.19. The summed E-state index contributed by atoms with van der Waals surface area (Å²) in [5, 5.41) is 7.13. The first-order valence-corrected chi connectivity index (χ1v) is 8.00. The van der Waals surface area contributed by atoms with E-state index < -0.39 is 0 Å². The molecule has 5 heteroatoms. The Bertz CT molecular complexity index is 506. The monoisotopic (exact) mass is 309 g/mol. The third-order valence-corrected chi connectivity index (χ3v) is 4.56. The van der Waals surface area contributed by atoms with Crippen LogP contribution in [-0.2, 0) is 0 Å². The molecule has 21 heavy (non-hydrogen) atoms. The number of amides is 2. The van der Waals surface area contributed by atoms with E-state index in [9.17, 15) is 4.79 Å². The van der Waals surface area contributed by atoms with Crippen molar-refractivity contribution in [3.05, 3.63) is 28.8 Å². The van der Waals surface area contributed by atoms with Gasteiger partial charge in [0.05, 0.1) is 0 Å². The second kappa shape index (κ2) is 7.14. The third-order valence-electron chi connectivity index (χ3n) is 4.15. The number of benzene rings is 1. The molecule has 0 spiro atoms. The summed E-state index contributed by atoms with van der Waals surface area (Å²) in [6.07, 6.45) is 1.97. The highest BCUT2D eigenvalue weighted by atomic mass is 35.5. The lowest BCUT2D eigenvalue weighted by Gasteiger charge is -2.39. The lowest BCUT2D eigenvalue weighted by atomic mass is 10.1. The van der Waals surface area contributed by atoms with Crippen molar-refractivity contribution in [2.75, 3.05) is 18.4 Å². The van der Waals surface area contributed by atoms with Crippen molar-refractivity contribution in [1.29, 1.82) is 0 Å². The molecule has 1 fully saturated rings. The molecule has 1 saturated heterocycles. The highest BCUT2D eigenvalue weighted by Gasteiger charge is 2.29. The summed E-state index contributed by atoms with van der Waals surface area (Å²) in [4.78, 5) is 14.5. The van der Waals surface area contributed by atoms with E-state index in [1.54, 1.807) is 6.07 Å². The van der Waals surface area contributed by atoms with Gasteiger partial charge in [0.25, 0.3) is 0 Å². The van der Waals surface area contributed by atoms with Crippen LogP contribution in [0.2, 0.25) is 5.02 Å². The first-order valence-electron chi connectivity index (χ1n) is 7.62. The minimum Gasteiger partial charge on any atom is -0.319 e. The molecule has 1 aliphatic rings. The lowest BCUT2D eigenvalue weighted by molar-refractivity contribution is 0.147. The van der Waals surface area contributed by atoms with Crippen molar-refractivity contribution in [1.82, 2.24) is 10.2 Å². The van der Waals surface area contributed by atoms with Crippen molar-refractivity contribution in [2.45, 2.75) is 45.7 Å². The number of carbonyl (C=O) groups excluding carboxylic acids is 1. The molecule has 1 aromatic carbocycles. The number of halogens is 1. The van der Waals surface area contributed by atoms with Gasteiger partial charge in [0.1, 0.15) is 0 Å². The molecule has 2 unspecified atom stereocenters. The Labute approximate surface area is 131 Å². The smallest absolute Gasteiger partial charge is 0.319 e. The molecule has 1 heterocycles.